The van der Waals surface area contributed by atoms with Gasteiger partial charge in [0.1, 0.15) is 0 Å². The van der Waals surface area contributed by atoms with Crippen molar-refractivity contribution in [2.45, 2.75) is 32.1 Å². The Morgan fingerprint density at radius 1 is 1.10 bits per heavy atom. The smallest absolute Gasteiger partial charge is 0.255 e. The third-order valence-electron chi connectivity index (χ3n) is 6.82. The molecule has 4 heteroatoms. The monoisotopic (exact) mass is 387 g/mol. The predicted octanol–water partition coefficient (Wildman–Crippen LogP) is 4.29. The molecule has 4 nitrogen and oxygen atoms in total. The van der Waals surface area contributed by atoms with Crippen LogP contribution in [-0.2, 0) is 0 Å². The molecule has 0 N–H and O–H groups in total. The minimum Gasteiger partial charge on any atom is -0.339 e. The van der Waals surface area contributed by atoms with Crippen LogP contribution in [0.25, 0.3) is 0 Å². The van der Waals surface area contributed by atoms with Crippen LogP contribution in [0.4, 0.5) is 0 Å². The van der Waals surface area contributed by atoms with Crippen molar-refractivity contribution in [1.29, 1.82) is 5.26 Å². The van der Waals surface area contributed by atoms with Crippen molar-refractivity contribution < 1.29 is 4.79 Å². The van der Waals surface area contributed by atoms with Gasteiger partial charge in [0, 0.05) is 26.2 Å². The van der Waals surface area contributed by atoms with Gasteiger partial charge < -0.3 is 9.80 Å². The lowest BCUT2D eigenvalue weighted by molar-refractivity contribution is 0.0158. The molecular weight excluding hydrogens is 358 g/mol. The molecule has 0 saturated carbocycles. The van der Waals surface area contributed by atoms with E-state index in [2.05, 4.69) is 48.2 Å². The maximum Gasteiger partial charge on any atom is 0.255 e. The number of carbonyl (C=O) groups is 1. The number of carbonyl (C=O) groups excluding carboxylic acids is 1. The summed E-state index contributed by atoms with van der Waals surface area (Å²) in [5, 5.41) is 9.33. The van der Waals surface area contributed by atoms with E-state index in [4.69, 9.17) is 0 Å². The maximum atomic E-state index is 13.0. The molecule has 4 rings (SSSR count). The third-order valence-corrected chi connectivity index (χ3v) is 6.82. The fourth-order valence-electron chi connectivity index (χ4n) is 5.18. The highest BCUT2D eigenvalue weighted by Crippen LogP contribution is 2.45. The molecule has 0 radical (unpaired) electrons. The summed E-state index contributed by atoms with van der Waals surface area (Å²) in [6, 6.07) is 20.2. The zero-order valence-electron chi connectivity index (χ0n) is 17.2. The summed E-state index contributed by atoms with van der Waals surface area (Å²) in [7, 11) is 0. The van der Waals surface area contributed by atoms with E-state index >= 15 is 0 Å². The number of benzene rings is 2. The highest BCUT2D eigenvalue weighted by molar-refractivity contribution is 5.96. The maximum absolute atomic E-state index is 13.0. The minimum absolute atomic E-state index is 0.000216. The van der Waals surface area contributed by atoms with Crippen LogP contribution in [0.2, 0.25) is 0 Å². The number of amides is 1. The Labute approximate surface area is 173 Å². The van der Waals surface area contributed by atoms with Crippen molar-refractivity contribution in [3.05, 3.63) is 71.3 Å². The van der Waals surface area contributed by atoms with Gasteiger partial charge in [-0.2, -0.15) is 5.26 Å². The second kappa shape index (κ2) is 8.39. The molecule has 2 aliphatic heterocycles. The van der Waals surface area contributed by atoms with Crippen LogP contribution in [0, 0.1) is 16.7 Å². The second-order valence-corrected chi connectivity index (χ2v) is 8.59. The fraction of sp³-hybridized carbons (Fsp3) is 0.440. The summed E-state index contributed by atoms with van der Waals surface area (Å²) < 4.78 is 0. The first kappa shape index (κ1) is 19.7. The Hall–Kier alpha value is -2.64. The number of nitrogens with zero attached hydrogens (tertiary/aromatic N) is 3. The van der Waals surface area contributed by atoms with E-state index < -0.39 is 0 Å². The fourth-order valence-corrected chi connectivity index (χ4v) is 5.18. The van der Waals surface area contributed by atoms with Crippen LogP contribution in [0.3, 0.4) is 0 Å². The van der Waals surface area contributed by atoms with E-state index in [-0.39, 0.29) is 11.3 Å². The van der Waals surface area contributed by atoms with Gasteiger partial charge in [-0.15, -0.1) is 0 Å². The zero-order chi connectivity index (χ0) is 20.3. The van der Waals surface area contributed by atoms with Crippen LogP contribution in [0.5, 0.6) is 0 Å². The van der Waals surface area contributed by atoms with Crippen LogP contribution in [-0.4, -0.2) is 48.4 Å². The molecular formula is C25H29N3O. The number of piperidine rings is 2. The largest absolute Gasteiger partial charge is 0.339 e. The number of hydrogen-bond acceptors (Lipinski definition) is 3. The molecule has 29 heavy (non-hydrogen) atoms. The summed E-state index contributed by atoms with van der Waals surface area (Å²) >= 11 is 0. The lowest BCUT2D eigenvalue weighted by atomic mass is 9.68. The van der Waals surface area contributed by atoms with Gasteiger partial charge in [0.2, 0.25) is 0 Å². The van der Waals surface area contributed by atoms with Crippen LogP contribution >= 0.6 is 0 Å². The summed E-state index contributed by atoms with van der Waals surface area (Å²) in [5.74, 6) is 0.561. The molecule has 1 atom stereocenters. The van der Waals surface area contributed by atoms with Crippen LogP contribution in [0.1, 0.15) is 53.6 Å². The molecule has 0 bridgehead atoms. The Balaban J connectivity index is 1.48. The molecule has 2 fully saturated rings. The van der Waals surface area contributed by atoms with Gasteiger partial charge in [-0.05, 0) is 54.8 Å². The molecule has 0 aromatic heterocycles. The first-order valence-corrected chi connectivity index (χ1v) is 10.7. The van der Waals surface area contributed by atoms with Crippen molar-refractivity contribution in [1.82, 2.24) is 9.80 Å². The SMILES string of the molecule is CCN1C[C@@H](c2ccccc2)CC2(CCN(C(=O)c3ccccc3C#N)CC2)C1. The molecule has 1 spiro atoms. The quantitative estimate of drug-likeness (QED) is 0.789. The number of likely N-dealkylation sites (N-methyl/N-ethyl adjacent to an activating group) is 1. The van der Waals surface area contributed by atoms with Crippen molar-refractivity contribution >= 4 is 5.91 Å². The van der Waals surface area contributed by atoms with Gasteiger partial charge in [-0.3, -0.25) is 4.79 Å². The van der Waals surface area contributed by atoms with Crippen molar-refractivity contribution in [2.75, 3.05) is 32.7 Å². The van der Waals surface area contributed by atoms with Gasteiger partial charge in [-0.1, -0.05) is 49.4 Å². The highest BCUT2D eigenvalue weighted by Gasteiger charge is 2.42. The normalized spacial score (nSPS) is 21.7. The number of hydrogen-bond donors (Lipinski definition) is 0. The molecule has 2 aromatic carbocycles. The average molecular weight is 388 g/mol. The Bertz CT molecular complexity index is 894. The van der Waals surface area contributed by atoms with E-state index in [0.29, 0.717) is 17.0 Å². The van der Waals surface area contributed by atoms with Gasteiger partial charge in [-0.25, -0.2) is 0 Å². The Morgan fingerprint density at radius 3 is 2.48 bits per heavy atom. The summed E-state index contributed by atoms with van der Waals surface area (Å²) in [6.07, 6.45) is 3.27. The van der Waals surface area contributed by atoms with Gasteiger partial charge in [0.05, 0.1) is 17.2 Å². The first-order chi connectivity index (χ1) is 14.1. The Morgan fingerprint density at radius 2 is 1.79 bits per heavy atom. The van der Waals surface area contributed by atoms with E-state index in [1.165, 1.54) is 12.0 Å². The molecule has 0 aliphatic carbocycles. The van der Waals surface area contributed by atoms with Crippen molar-refractivity contribution in [3.63, 3.8) is 0 Å². The van der Waals surface area contributed by atoms with Gasteiger partial charge in [0.15, 0.2) is 0 Å². The first-order valence-electron chi connectivity index (χ1n) is 10.7. The zero-order valence-corrected chi connectivity index (χ0v) is 17.2. The van der Waals surface area contributed by atoms with Crippen LogP contribution < -0.4 is 0 Å². The number of likely N-dealkylation sites (tertiary alicyclic amines) is 2. The second-order valence-electron chi connectivity index (χ2n) is 8.59. The minimum atomic E-state index is -0.000216. The third kappa shape index (κ3) is 4.06. The lowest BCUT2D eigenvalue weighted by Gasteiger charge is -2.50. The topological polar surface area (TPSA) is 47.3 Å². The summed E-state index contributed by atoms with van der Waals surface area (Å²) in [5.41, 5.74) is 2.72. The summed E-state index contributed by atoms with van der Waals surface area (Å²) in [6.45, 7) is 7.13. The summed E-state index contributed by atoms with van der Waals surface area (Å²) in [4.78, 5) is 17.6. The van der Waals surface area contributed by atoms with E-state index in [1.54, 1.807) is 12.1 Å². The van der Waals surface area contributed by atoms with Gasteiger partial charge in [0.25, 0.3) is 5.91 Å². The van der Waals surface area contributed by atoms with Gasteiger partial charge >= 0.3 is 0 Å². The molecule has 2 saturated heterocycles. The standard InChI is InChI=1S/C25H29N3O/c1-2-27-18-22(20-8-4-3-5-9-20)16-25(19-27)12-14-28(15-13-25)24(29)23-11-7-6-10-21(23)17-26/h3-11,22H,2,12-16,18-19H2,1H3/t22-/m0/s1. The molecule has 2 aromatic rings. The average Bonchev–Trinajstić information content (AvgIpc) is 2.79. The van der Waals surface area contributed by atoms with Crippen molar-refractivity contribution in [2.24, 2.45) is 5.41 Å². The van der Waals surface area contributed by atoms with E-state index in [1.807, 2.05) is 17.0 Å². The number of nitriles is 1. The van der Waals surface area contributed by atoms with Crippen LogP contribution in [0.15, 0.2) is 54.6 Å². The molecule has 150 valence electrons. The van der Waals surface area contributed by atoms with Crippen molar-refractivity contribution in [3.8, 4) is 6.07 Å². The molecule has 0 unspecified atom stereocenters. The Kier molecular flexibility index (Phi) is 5.69. The molecule has 2 heterocycles. The van der Waals surface area contributed by atoms with E-state index in [0.717, 1.165) is 45.6 Å². The lowest BCUT2D eigenvalue weighted by Crippen LogP contribution is -2.52. The molecule has 2 aliphatic rings. The van der Waals surface area contributed by atoms with E-state index in [9.17, 15) is 10.1 Å². The molecule has 1 amide bonds. The highest BCUT2D eigenvalue weighted by atomic mass is 16.2. The predicted molar refractivity (Wildman–Crippen MR) is 115 cm³/mol. The number of rotatable bonds is 3.